The van der Waals surface area contributed by atoms with Gasteiger partial charge in [0.25, 0.3) is 5.91 Å². The minimum atomic E-state index is -3.74. The minimum absolute atomic E-state index is 0.0314. The number of nitrogens with one attached hydrogen (secondary N) is 1. The highest BCUT2D eigenvalue weighted by Gasteiger charge is 2.28. The van der Waals surface area contributed by atoms with Crippen molar-refractivity contribution in [2.75, 3.05) is 32.6 Å². The van der Waals surface area contributed by atoms with Gasteiger partial charge in [0.1, 0.15) is 23.1 Å². The average molecular weight is 571 g/mol. The van der Waals surface area contributed by atoms with Crippen LogP contribution in [0.1, 0.15) is 42.6 Å². The third-order valence-electron chi connectivity index (χ3n) is 6.55. The fourth-order valence-electron chi connectivity index (χ4n) is 4.88. The maximum absolute atomic E-state index is 13.9. The van der Waals surface area contributed by atoms with Gasteiger partial charge in [-0.2, -0.15) is 8.42 Å². The Morgan fingerprint density at radius 2 is 1.60 bits per heavy atom. The number of carbonyl (C=O) groups is 1. The summed E-state index contributed by atoms with van der Waals surface area (Å²) in [6.07, 6.45) is 2.51. The number of benzene rings is 3. The molecule has 0 radical (unpaired) electrons. The quantitative estimate of drug-likeness (QED) is 0.324. The van der Waals surface area contributed by atoms with Crippen molar-refractivity contribution in [2.24, 2.45) is 0 Å². The summed E-state index contributed by atoms with van der Waals surface area (Å²) in [7, 11) is -3.74. The van der Waals surface area contributed by atoms with Gasteiger partial charge in [-0.25, -0.2) is 4.39 Å². The van der Waals surface area contributed by atoms with E-state index in [4.69, 9.17) is 13.7 Å². The monoisotopic (exact) mass is 570 g/mol. The van der Waals surface area contributed by atoms with Crippen molar-refractivity contribution >= 4 is 16.0 Å². The molecule has 3 aromatic carbocycles. The number of ether oxygens (including phenoxy) is 2. The predicted octanol–water partition coefficient (Wildman–Crippen LogP) is 5.02. The van der Waals surface area contributed by atoms with E-state index in [2.05, 4.69) is 5.32 Å². The Hall–Kier alpha value is -3.63. The SMILES string of the molecule is CCOc1cc(CN(C(=O)c2cccc(OS(C)(=O)=O)c2)C2CCNCC2)cc(OCC)c1-c1ccc(F)cc1. The zero-order chi connectivity index (χ0) is 28.7. The molecule has 1 fully saturated rings. The van der Waals surface area contributed by atoms with Gasteiger partial charge in [0.2, 0.25) is 0 Å². The maximum Gasteiger partial charge on any atom is 0.306 e. The average Bonchev–Trinajstić information content (AvgIpc) is 2.92. The van der Waals surface area contributed by atoms with Crippen molar-refractivity contribution in [1.29, 1.82) is 0 Å². The molecular formula is C30H35FN2O6S. The summed E-state index contributed by atoms with van der Waals surface area (Å²) >= 11 is 0. The molecule has 10 heteroatoms. The third kappa shape index (κ3) is 7.51. The zero-order valence-corrected chi connectivity index (χ0v) is 23.8. The smallest absolute Gasteiger partial charge is 0.306 e. The van der Waals surface area contributed by atoms with Crippen LogP contribution >= 0.6 is 0 Å². The first-order valence-corrected chi connectivity index (χ1v) is 15.2. The highest BCUT2D eigenvalue weighted by molar-refractivity contribution is 7.86. The molecule has 1 N–H and O–H groups in total. The predicted molar refractivity (Wildman–Crippen MR) is 152 cm³/mol. The molecular weight excluding hydrogens is 535 g/mol. The summed E-state index contributed by atoms with van der Waals surface area (Å²) in [5, 5.41) is 3.34. The second kappa shape index (κ2) is 13.1. The summed E-state index contributed by atoms with van der Waals surface area (Å²) < 4.78 is 54.0. The van der Waals surface area contributed by atoms with E-state index in [1.807, 2.05) is 30.9 Å². The number of carbonyl (C=O) groups excluding carboxylic acids is 1. The summed E-state index contributed by atoms with van der Waals surface area (Å²) in [6, 6.07) is 16.1. The molecule has 1 aliphatic rings. The fraction of sp³-hybridized carbons (Fsp3) is 0.367. The lowest BCUT2D eigenvalue weighted by Crippen LogP contribution is -2.45. The van der Waals surface area contributed by atoms with Crippen LogP contribution in [0.3, 0.4) is 0 Å². The summed E-state index contributed by atoms with van der Waals surface area (Å²) in [5.41, 5.74) is 2.62. The van der Waals surface area contributed by atoms with Crippen molar-refractivity contribution in [3.63, 3.8) is 0 Å². The van der Waals surface area contributed by atoms with Crippen LogP contribution in [0, 0.1) is 5.82 Å². The van der Waals surface area contributed by atoms with Gasteiger partial charge in [-0.15, -0.1) is 0 Å². The van der Waals surface area contributed by atoms with Crippen LogP contribution < -0.4 is 19.0 Å². The number of amides is 1. The van der Waals surface area contributed by atoms with E-state index < -0.39 is 10.1 Å². The number of piperidine rings is 1. The van der Waals surface area contributed by atoms with Gasteiger partial charge >= 0.3 is 10.1 Å². The largest absolute Gasteiger partial charge is 0.493 e. The van der Waals surface area contributed by atoms with Gasteiger partial charge < -0.3 is 23.9 Å². The van der Waals surface area contributed by atoms with Crippen LogP contribution in [-0.2, 0) is 16.7 Å². The minimum Gasteiger partial charge on any atom is -0.493 e. The second-order valence-electron chi connectivity index (χ2n) is 9.57. The van der Waals surface area contributed by atoms with Crippen molar-refractivity contribution in [1.82, 2.24) is 10.2 Å². The first-order valence-electron chi connectivity index (χ1n) is 13.4. The number of hydrogen-bond acceptors (Lipinski definition) is 7. The van der Waals surface area contributed by atoms with E-state index in [1.54, 1.807) is 24.3 Å². The van der Waals surface area contributed by atoms with Crippen LogP contribution in [0.5, 0.6) is 17.2 Å². The lowest BCUT2D eigenvalue weighted by molar-refractivity contribution is 0.0622. The first-order chi connectivity index (χ1) is 19.2. The number of hydrogen-bond donors (Lipinski definition) is 1. The van der Waals surface area contributed by atoms with Crippen LogP contribution in [-0.4, -0.2) is 57.8 Å². The molecule has 214 valence electrons. The van der Waals surface area contributed by atoms with Crippen molar-refractivity contribution in [3.8, 4) is 28.4 Å². The Morgan fingerprint density at radius 3 is 2.17 bits per heavy atom. The molecule has 0 unspecified atom stereocenters. The van der Waals surface area contributed by atoms with E-state index in [9.17, 15) is 17.6 Å². The van der Waals surface area contributed by atoms with Crippen LogP contribution in [0.25, 0.3) is 11.1 Å². The molecule has 1 saturated heterocycles. The van der Waals surface area contributed by atoms with Gasteiger partial charge in [0.15, 0.2) is 0 Å². The lowest BCUT2D eigenvalue weighted by Gasteiger charge is -2.35. The Labute approximate surface area is 235 Å². The lowest BCUT2D eigenvalue weighted by atomic mass is 9.98. The van der Waals surface area contributed by atoms with Gasteiger partial charge in [-0.05, 0) is 93.4 Å². The van der Waals surface area contributed by atoms with E-state index in [0.29, 0.717) is 30.3 Å². The highest BCUT2D eigenvalue weighted by atomic mass is 32.2. The molecule has 0 aromatic heterocycles. The topological polar surface area (TPSA) is 94.2 Å². The van der Waals surface area contributed by atoms with E-state index in [0.717, 1.165) is 48.9 Å². The third-order valence-corrected chi connectivity index (χ3v) is 7.05. The molecule has 1 aliphatic heterocycles. The second-order valence-corrected chi connectivity index (χ2v) is 11.1. The molecule has 0 bridgehead atoms. The number of halogens is 1. The molecule has 0 saturated carbocycles. The van der Waals surface area contributed by atoms with Gasteiger partial charge in [-0.3, -0.25) is 4.79 Å². The molecule has 1 heterocycles. The Bertz CT molecular complexity index is 1400. The first kappa shape index (κ1) is 29.4. The number of nitrogens with zero attached hydrogens (tertiary/aromatic N) is 1. The maximum atomic E-state index is 13.9. The van der Waals surface area contributed by atoms with Gasteiger partial charge in [0.05, 0.1) is 25.0 Å². The van der Waals surface area contributed by atoms with E-state index in [-0.39, 0.29) is 30.1 Å². The van der Waals surface area contributed by atoms with Crippen molar-refractivity contribution < 1.29 is 31.3 Å². The van der Waals surface area contributed by atoms with E-state index in [1.165, 1.54) is 24.3 Å². The van der Waals surface area contributed by atoms with Crippen LogP contribution in [0.15, 0.2) is 60.7 Å². The standard InChI is InChI=1S/C30H35FN2O6S/c1-4-37-27-17-21(18-28(38-5-2)29(27)22-9-11-24(31)12-10-22)20-33(25-13-15-32-16-14-25)30(34)23-7-6-8-26(19-23)39-40(3,35)36/h6-12,17-19,25,32H,4-5,13-16,20H2,1-3H3. The van der Waals surface area contributed by atoms with Crippen molar-refractivity contribution in [2.45, 2.75) is 39.3 Å². The van der Waals surface area contributed by atoms with E-state index >= 15 is 0 Å². The molecule has 4 rings (SSSR count). The molecule has 0 atom stereocenters. The molecule has 0 spiro atoms. The Kier molecular flexibility index (Phi) is 9.65. The molecule has 1 amide bonds. The van der Waals surface area contributed by atoms with Crippen LogP contribution in [0.2, 0.25) is 0 Å². The normalized spacial score (nSPS) is 14.0. The molecule has 0 aliphatic carbocycles. The number of rotatable bonds is 11. The Balaban J connectivity index is 1.74. The molecule has 8 nitrogen and oxygen atoms in total. The van der Waals surface area contributed by atoms with Crippen LogP contribution in [0.4, 0.5) is 4.39 Å². The highest BCUT2D eigenvalue weighted by Crippen LogP contribution is 2.40. The molecule has 40 heavy (non-hydrogen) atoms. The van der Waals surface area contributed by atoms with Gasteiger partial charge in [0, 0.05) is 18.2 Å². The molecule has 3 aromatic rings. The zero-order valence-electron chi connectivity index (χ0n) is 23.0. The summed E-state index contributed by atoms with van der Waals surface area (Å²) in [6.45, 7) is 6.44. The summed E-state index contributed by atoms with van der Waals surface area (Å²) in [4.78, 5) is 15.7. The fourth-order valence-corrected chi connectivity index (χ4v) is 5.33. The van der Waals surface area contributed by atoms with Crippen molar-refractivity contribution in [3.05, 3.63) is 77.6 Å². The Morgan fingerprint density at radius 1 is 0.975 bits per heavy atom. The van der Waals surface area contributed by atoms with Gasteiger partial charge in [-0.1, -0.05) is 18.2 Å². The summed E-state index contributed by atoms with van der Waals surface area (Å²) in [5.74, 6) is 0.676.